The van der Waals surface area contributed by atoms with Crippen LogP contribution in [-0.2, 0) is 0 Å². The molecule has 4 N–H and O–H groups in total. The van der Waals surface area contributed by atoms with Crippen molar-refractivity contribution in [2.45, 2.75) is 39.2 Å². The van der Waals surface area contributed by atoms with E-state index in [1.165, 1.54) is 12.8 Å². The van der Waals surface area contributed by atoms with Gasteiger partial charge < -0.3 is 5.32 Å². The molecule has 0 heterocycles. The fraction of sp³-hybridized carbons (Fsp3) is 0.889. The van der Waals surface area contributed by atoms with E-state index < -0.39 is 0 Å². The molecule has 0 aromatic carbocycles. The average Bonchev–Trinajstić information content (AvgIpc) is 2.13. The molecule has 76 valence electrons. The van der Waals surface area contributed by atoms with Gasteiger partial charge >= 0.3 is 6.03 Å². The molecule has 1 fully saturated rings. The molecule has 0 radical (unpaired) electrons. The third kappa shape index (κ3) is 2.59. The van der Waals surface area contributed by atoms with Gasteiger partial charge in [-0.2, -0.15) is 0 Å². The number of amides is 2. The number of nitrogens with two attached hydrogens (primary N) is 1. The lowest BCUT2D eigenvalue weighted by Crippen LogP contribution is -2.49. The number of urea groups is 1. The molecule has 0 aromatic heterocycles. The van der Waals surface area contributed by atoms with Crippen LogP contribution in [0.3, 0.4) is 0 Å². The highest BCUT2D eigenvalue weighted by atomic mass is 16.2. The molecule has 2 amide bonds. The maximum absolute atomic E-state index is 11.0. The van der Waals surface area contributed by atoms with Gasteiger partial charge in [0.15, 0.2) is 0 Å². The Balaban J connectivity index is 2.43. The van der Waals surface area contributed by atoms with Crippen LogP contribution in [0.4, 0.5) is 4.79 Å². The van der Waals surface area contributed by atoms with E-state index in [0.717, 1.165) is 6.42 Å². The molecule has 4 heteroatoms. The minimum atomic E-state index is -0.272. The number of nitrogens with one attached hydrogen (secondary N) is 2. The average molecular weight is 185 g/mol. The molecular weight excluding hydrogens is 166 g/mol. The fourth-order valence-electron chi connectivity index (χ4n) is 2.00. The lowest BCUT2D eigenvalue weighted by molar-refractivity contribution is 0.195. The lowest BCUT2D eigenvalue weighted by atomic mass is 9.78. The van der Waals surface area contributed by atoms with Crippen LogP contribution in [0.5, 0.6) is 0 Å². The van der Waals surface area contributed by atoms with Crippen molar-refractivity contribution in [3.05, 3.63) is 0 Å². The van der Waals surface area contributed by atoms with Gasteiger partial charge in [-0.25, -0.2) is 10.6 Å². The normalized spacial score (nSPS) is 33.9. The summed E-state index contributed by atoms with van der Waals surface area (Å²) in [6.45, 7) is 4.42. The van der Waals surface area contributed by atoms with Crippen molar-refractivity contribution in [2.75, 3.05) is 0 Å². The summed E-state index contributed by atoms with van der Waals surface area (Å²) in [5.74, 6) is 6.25. The first kappa shape index (κ1) is 10.3. The highest BCUT2D eigenvalue weighted by molar-refractivity contribution is 5.73. The first-order valence-electron chi connectivity index (χ1n) is 4.92. The van der Waals surface area contributed by atoms with Gasteiger partial charge in [0.1, 0.15) is 0 Å². The third-order valence-corrected chi connectivity index (χ3v) is 3.15. The number of hydrogen-bond acceptors (Lipinski definition) is 2. The van der Waals surface area contributed by atoms with E-state index in [1.807, 2.05) is 0 Å². The van der Waals surface area contributed by atoms with E-state index >= 15 is 0 Å². The summed E-state index contributed by atoms with van der Waals surface area (Å²) in [5.41, 5.74) is 2.10. The first-order chi connectivity index (χ1) is 6.15. The number of carbonyl (C=O) groups is 1. The van der Waals surface area contributed by atoms with Crippen molar-refractivity contribution in [1.82, 2.24) is 10.7 Å². The largest absolute Gasteiger partial charge is 0.334 e. The van der Waals surface area contributed by atoms with Crippen LogP contribution < -0.4 is 16.6 Å². The molecule has 0 spiro atoms. The molecule has 0 aromatic rings. The molecule has 3 atom stereocenters. The van der Waals surface area contributed by atoms with Gasteiger partial charge in [0.25, 0.3) is 0 Å². The topological polar surface area (TPSA) is 67.2 Å². The van der Waals surface area contributed by atoms with E-state index in [-0.39, 0.29) is 12.1 Å². The second kappa shape index (κ2) is 4.46. The van der Waals surface area contributed by atoms with Crippen molar-refractivity contribution in [3.63, 3.8) is 0 Å². The van der Waals surface area contributed by atoms with Crippen LogP contribution in [0.1, 0.15) is 33.1 Å². The monoisotopic (exact) mass is 185 g/mol. The van der Waals surface area contributed by atoms with Crippen molar-refractivity contribution < 1.29 is 4.79 Å². The van der Waals surface area contributed by atoms with Gasteiger partial charge in [0, 0.05) is 6.04 Å². The molecule has 0 aliphatic heterocycles. The standard InChI is InChI=1S/C9H19N3O/c1-6-4-3-5-8(7(6)2)11-9(13)12-10/h6-8H,3-5,10H2,1-2H3,(H2,11,12,13). The predicted molar refractivity (Wildman–Crippen MR) is 51.8 cm³/mol. The molecular formula is C9H19N3O. The first-order valence-corrected chi connectivity index (χ1v) is 4.92. The van der Waals surface area contributed by atoms with Gasteiger partial charge in [-0.1, -0.05) is 26.7 Å². The van der Waals surface area contributed by atoms with Gasteiger partial charge in [-0.05, 0) is 18.3 Å². The van der Waals surface area contributed by atoms with E-state index in [4.69, 9.17) is 5.84 Å². The van der Waals surface area contributed by atoms with Gasteiger partial charge in [0.05, 0.1) is 0 Å². The smallest absolute Gasteiger partial charge is 0.329 e. The zero-order valence-corrected chi connectivity index (χ0v) is 8.34. The van der Waals surface area contributed by atoms with E-state index in [2.05, 4.69) is 24.6 Å². The molecule has 1 aliphatic carbocycles. The second-order valence-corrected chi connectivity index (χ2v) is 3.99. The Morgan fingerprint density at radius 1 is 1.38 bits per heavy atom. The van der Waals surface area contributed by atoms with E-state index in [9.17, 15) is 4.79 Å². The highest BCUT2D eigenvalue weighted by Crippen LogP contribution is 2.29. The van der Waals surface area contributed by atoms with Crippen LogP contribution in [0, 0.1) is 11.8 Å². The van der Waals surface area contributed by atoms with Crippen molar-refractivity contribution in [1.29, 1.82) is 0 Å². The SMILES string of the molecule is CC1CCCC(NC(=O)NN)C1C. The molecule has 4 nitrogen and oxygen atoms in total. The van der Waals surface area contributed by atoms with Crippen LogP contribution in [0.25, 0.3) is 0 Å². The Kier molecular flexibility index (Phi) is 3.54. The zero-order chi connectivity index (χ0) is 9.84. The summed E-state index contributed by atoms with van der Waals surface area (Å²) < 4.78 is 0. The molecule has 1 aliphatic rings. The molecule has 0 bridgehead atoms. The summed E-state index contributed by atoms with van der Waals surface area (Å²) in [5, 5.41) is 2.87. The maximum atomic E-state index is 11.0. The number of hydrogen-bond donors (Lipinski definition) is 3. The third-order valence-electron chi connectivity index (χ3n) is 3.15. The minimum absolute atomic E-state index is 0.272. The predicted octanol–water partition coefficient (Wildman–Crippen LogP) is 0.984. The Hall–Kier alpha value is -0.770. The van der Waals surface area contributed by atoms with Crippen molar-refractivity contribution in [3.8, 4) is 0 Å². The molecule has 0 saturated heterocycles. The Morgan fingerprint density at radius 3 is 2.69 bits per heavy atom. The summed E-state index contributed by atoms with van der Waals surface area (Å²) in [7, 11) is 0. The molecule has 3 unspecified atom stereocenters. The van der Waals surface area contributed by atoms with Crippen LogP contribution >= 0.6 is 0 Å². The highest BCUT2D eigenvalue weighted by Gasteiger charge is 2.27. The summed E-state index contributed by atoms with van der Waals surface area (Å²) in [6.07, 6.45) is 3.53. The summed E-state index contributed by atoms with van der Waals surface area (Å²) in [6, 6.07) is 0.0123. The lowest BCUT2D eigenvalue weighted by Gasteiger charge is -2.34. The zero-order valence-electron chi connectivity index (χ0n) is 8.34. The van der Waals surface area contributed by atoms with Crippen LogP contribution in [0.2, 0.25) is 0 Å². The van der Waals surface area contributed by atoms with Gasteiger partial charge in [-0.15, -0.1) is 0 Å². The molecule has 1 saturated carbocycles. The van der Waals surface area contributed by atoms with Crippen molar-refractivity contribution in [2.24, 2.45) is 17.7 Å². The second-order valence-electron chi connectivity index (χ2n) is 3.99. The summed E-state index contributed by atoms with van der Waals surface area (Å²) >= 11 is 0. The maximum Gasteiger partial charge on any atom is 0.329 e. The van der Waals surface area contributed by atoms with Gasteiger partial charge in [0.2, 0.25) is 0 Å². The number of carbonyl (C=O) groups excluding carboxylic acids is 1. The number of rotatable bonds is 1. The minimum Gasteiger partial charge on any atom is -0.334 e. The Bertz CT molecular complexity index is 184. The Labute approximate surface area is 79.2 Å². The van der Waals surface area contributed by atoms with Crippen LogP contribution in [-0.4, -0.2) is 12.1 Å². The van der Waals surface area contributed by atoms with E-state index in [0.29, 0.717) is 11.8 Å². The molecule has 1 rings (SSSR count). The fourth-order valence-corrected chi connectivity index (χ4v) is 2.00. The van der Waals surface area contributed by atoms with Crippen LogP contribution in [0.15, 0.2) is 0 Å². The number of hydrazine groups is 1. The Morgan fingerprint density at radius 2 is 2.08 bits per heavy atom. The summed E-state index contributed by atoms with van der Waals surface area (Å²) in [4.78, 5) is 11.0. The van der Waals surface area contributed by atoms with Crippen molar-refractivity contribution >= 4 is 6.03 Å². The van der Waals surface area contributed by atoms with E-state index in [1.54, 1.807) is 0 Å². The molecule has 13 heavy (non-hydrogen) atoms. The quantitative estimate of drug-likeness (QED) is 0.324. The van der Waals surface area contributed by atoms with Gasteiger partial charge in [-0.3, -0.25) is 5.43 Å².